The lowest BCUT2D eigenvalue weighted by atomic mass is 10.0. The molecule has 1 heterocycles. The van der Waals surface area contributed by atoms with Crippen molar-refractivity contribution in [3.63, 3.8) is 0 Å². The Morgan fingerprint density at radius 2 is 2.00 bits per heavy atom. The van der Waals surface area contributed by atoms with Crippen molar-refractivity contribution in [3.8, 4) is 22.9 Å². The standard InChI is InChI=1S/C12H12F3N3O3/c1-11(16,12(13,14)15)10-17-9(18-21-10)6-3-4-7(19)8(5-6)20-2/h3-5,19H,16H2,1-2H3. The van der Waals surface area contributed by atoms with Gasteiger partial charge in [-0.2, -0.15) is 18.2 Å². The van der Waals surface area contributed by atoms with E-state index in [0.29, 0.717) is 5.56 Å². The molecule has 3 N–H and O–H groups in total. The van der Waals surface area contributed by atoms with Gasteiger partial charge in [0.1, 0.15) is 0 Å². The third-order valence-corrected chi connectivity index (χ3v) is 2.90. The van der Waals surface area contributed by atoms with E-state index in [4.69, 9.17) is 10.5 Å². The first kappa shape index (κ1) is 15.1. The lowest BCUT2D eigenvalue weighted by molar-refractivity contribution is -0.190. The van der Waals surface area contributed by atoms with Crippen molar-refractivity contribution < 1.29 is 27.5 Å². The zero-order valence-corrected chi connectivity index (χ0v) is 11.1. The zero-order chi connectivity index (χ0) is 15.8. The molecule has 0 spiro atoms. The molecule has 114 valence electrons. The molecule has 9 heteroatoms. The summed E-state index contributed by atoms with van der Waals surface area (Å²) in [5, 5.41) is 12.9. The van der Waals surface area contributed by atoms with Crippen LogP contribution in [0.15, 0.2) is 22.7 Å². The van der Waals surface area contributed by atoms with Gasteiger partial charge in [0.25, 0.3) is 5.89 Å². The maximum Gasteiger partial charge on any atom is 0.415 e. The van der Waals surface area contributed by atoms with Gasteiger partial charge in [-0.25, -0.2) is 0 Å². The van der Waals surface area contributed by atoms with Gasteiger partial charge < -0.3 is 20.1 Å². The normalized spacial score (nSPS) is 14.8. The molecule has 2 aromatic rings. The minimum absolute atomic E-state index is 0.0933. The first-order chi connectivity index (χ1) is 9.66. The van der Waals surface area contributed by atoms with E-state index < -0.39 is 17.6 Å². The first-order valence-electron chi connectivity index (χ1n) is 5.74. The fourth-order valence-corrected chi connectivity index (χ4v) is 1.49. The lowest BCUT2D eigenvalue weighted by Crippen LogP contribution is -2.47. The van der Waals surface area contributed by atoms with Gasteiger partial charge in [0.2, 0.25) is 5.82 Å². The molecule has 1 aromatic carbocycles. The second-order valence-corrected chi connectivity index (χ2v) is 4.51. The van der Waals surface area contributed by atoms with Crippen LogP contribution >= 0.6 is 0 Å². The van der Waals surface area contributed by atoms with Crippen LogP contribution in [-0.4, -0.2) is 28.5 Å². The van der Waals surface area contributed by atoms with Gasteiger partial charge in [0, 0.05) is 5.56 Å². The Hall–Kier alpha value is -2.29. The Kier molecular flexibility index (Phi) is 3.54. The van der Waals surface area contributed by atoms with Crippen LogP contribution in [0.3, 0.4) is 0 Å². The van der Waals surface area contributed by atoms with Gasteiger partial charge >= 0.3 is 6.18 Å². The Balaban J connectivity index is 2.41. The van der Waals surface area contributed by atoms with Crippen molar-refractivity contribution in [3.05, 3.63) is 24.1 Å². The number of nitrogens with zero attached hydrogens (tertiary/aromatic N) is 2. The maximum absolute atomic E-state index is 12.8. The van der Waals surface area contributed by atoms with Gasteiger partial charge in [-0.15, -0.1) is 0 Å². The lowest BCUT2D eigenvalue weighted by Gasteiger charge is -2.22. The SMILES string of the molecule is COc1cc(-c2noc(C(C)(N)C(F)(F)F)n2)ccc1O. The second kappa shape index (κ2) is 4.92. The molecule has 1 aromatic heterocycles. The zero-order valence-electron chi connectivity index (χ0n) is 11.1. The summed E-state index contributed by atoms with van der Waals surface area (Å²) >= 11 is 0. The van der Waals surface area contributed by atoms with Crippen molar-refractivity contribution >= 4 is 0 Å². The number of methoxy groups -OCH3 is 1. The number of hydrogen-bond donors (Lipinski definition) is 2. The number of phenolic OH excluding ortho intramolecular Hbond substituents is 1. The number of nitrogens with two attached hydrogens (primary N) is 1. The van der Waals surface area contributed by atoms with Crippen molar-refractivity contribution in [2.24, 2.45) is 5.73 Å². The highest BCUT2D eigenvalue weighted by Crippen LogP contribution is 2.36. The average molecular weight is 303 g/mol. The summed E-state index contributed by atoms with van der Waals surface area (Å²) in [4.78, 5) is 3.66. The van der Waals surface area contributed by atoms with Crippen molar-refractivity contribution in [1.82, 2.24) is 10.1 Å². The molecule has 1 atom stereocenters. The number of alkyl halides is 3. The van der Waals surface area contributed by atoms with Crippen LogP contribution in [0.1, 0.15) is 12.8 Å². The fourth-order valence-electron chi connectivity index (χ4n) is 1.49. The fraction of sp³-hybridized carbons (Fsp3) is 0.333. The van der Waals surface area contributed by atoms with Crippen molar-refractivity contribution in [2.45, 2.75) is 18.6 Å². The third-order valence-electron chi connectivity index (χ3n) is 2.90. The number of halogens is 3. The highest BCUT2D eigenvalue weighted by Gasteiger charge is 2.53. The van der Waals surface area contributed by atoms with E-state index in [1.165, 1.54) is 25.3 Å². The van der Waals surface area contributed by atoms with E-state index >= 15 is 0 Å². The van der Waals surface area contributed by atoms with Crippen LogP contribution in [-0.2, 0) is 5.54 Å². The molecule has 6 nitrogen and oxygen atoms in total. The Morgan fingerprint density at radius 3 is 2.57 bits per heavy atom. The van der Waals surface area contributed by atoms with E-state index in [9.17, 15) is 18.3 Å². The average Bonchev–Trinajstić information content (AvgIpc) is 2.88. The van der Waals surface area contributed by atoms with Gasteiger partial charge in [-0.3, -0.25) is 0 Å². The monoisotopic (exact) mass is 303 g/mol. The number of aromatic nitrogens is 2. The molecule has 0 amide bonds. The minimum atomic E-state index is -4.73. The van der Waals surface area contributed by atoms with E-state index in [2.05, 4.69) is 14.7 Å². The van der Waals surface area contributed by atoms with E-state index in [0.717, 1.165) is 6.92 Å². The summed E-state index contributed by atoms with van der Waals surface area (Å²) in [6, 6.07) is 4.08. The van der Waals surface area contributed by atoms with Gasteiger partial charge in [-0.05, 0) is 25.1 Å². The second-order valence-electron chi connectivity index (χ2n) is 4.51. The van der Waals surface area contributed by atoms with Crippen LogP contribution < -0.4 is 10.5 Å². The van der Waals surface area contributed by atoms with Gasteiger partial charge in [0.15, 0.2) is 17.0 Å². The quantitative estimate of drug-likeness (QED) is 0.902. The van der Waals surface area contributed by atoms with Crippen LogP contribution in [0, 0.1) is 0 Å². The Bertz CT molecular complexity index is 653. The van der Waals surface area contributed by atoms with Crippen molar-refractivity contribution in [1.29, 1.82) is 0 Å². The molecule has 0 aliphatic heterocycles. The minimum Gasteiger partial charge on any atom is -0.504 e. The Morgan fingerprint density at radius 1 is 1.33 bits per heavy atom. The molecule has 0 radical (unpaired) electrons. The number of rotatable bonds is 3. The Labute approximate surface area is 117 Å². The summed E-state index contributed by atoms with van der Waals surface area (Å²) in [5.41, 5.74) is 2.77. The highest BCUT2D eigenvalue weighted by atomic mass is 19.4. The third kappa shape index (κ3) is 2.64. The van der Waals surface area contributed by atoms with Crippen molar-refractivity contribution in [2.75, 3.05) is 7.11 Å². The first-order valence-corrected chi connectivity index (χ1v) is 5.74. The predicted octanol–water partition coefficient (Wildman–Crippen LogP) is 2.19. The summed E-state index contributed by atoms with van der Waals surface area (Å²) in [7, 11) is 1.33. The molecule has 1 unspecified atom stereocenters. The summed E-state index contributed by atoms with van der Waals surface area (Å²) in [6.07, 6.45) is -4.73. The van der Waals surface area contributed by atoms with E-state index in [1.54, 1.807) is 0 Å². The summed E-state index contributed by atoms with van der Waals surface area (Å²) in [5.74, 6) is -0.838. The topological polar surface area (TPSA) is 94.4 Å². The van der Waals surface area contributed by atoms with Crippen LogP contribution in [0.4, 0.5) is 13.2 Å². The van der Waals surface area contributed by atoms with E-state index in [1.807, 2.05) is 0 Å². The molecule has 0 saturated carbocycles. The smallest absolute Gasteiger partial charge is 0.415 e. The molecule has 0 fully saturated rings. The number of benzene rings is 1. The molecule has 0 saturated heterocycles. The summed E-state index contributed by atoms with van der Waals surface area (Å²) in [6.45, 7) is 0.738. The number of hydrogen-bond acceptors (Lipinski definition) is 6. The van der Waals surface area contributed by atoms with Crippen LogP contribution in [0.2, 0.25) is 0 Å². The molecule has 0 aliphatic rings. The number of aromatic hydroxyl groups is 1. The number of ether oxygens (including phenoxy) is 1. The molecule has 2 rings (SSSR count). The summed E-state index contributed by atoms with van der Waals surface area (Å²) < 4.78 is 47.9. The van der Waals surface area contributed by atoms with Gasteiger partial charge in [0.05, 0.1) is 7.11 Å². The predicted molar refractivity (Wildman–Crippen MR) is 65.5 cm³/mol. The molecule has 21 heavy (non-hydrogen) atoms. The maximum atomic E-state index is 12.8. The molecule has 0 aliphatic carbocycles. The van der Waals surface area contributed by atoms with Gasteiger partial charge in [-0.1, -0.05) is 5.16 Å². The van der Waals surface area contributed by atoms with Crippen LogP contribution in [0.5, 0.6) is 11.5 Å². The molecule has 0 bridgehead atoms. The van der Waals surface area contributed by atoms with E-state index in [-0.39, 0.29) is 17.3 Å². The molecular formula is C12H12F3N3O3. The molecular weight excluding hydrogens is 291 g/mol. The van der Waals surface area contributed by atoms with Crippen LogP contribution in [0.25, 0.3) is 11.4 Å². The largest absolute Gasteiger partial charge is 0.504 e. The highest BCUT2D eigenvalue weighted by molar-refractivity contribution is 5.60. The number of phenols is 1.